The number of para-hydroxylation sites is 1. The van der Waals surface area contributed by atoms with E-state index in [-0.39, 0.29) is 37.1 Å². The minimum absolute atomic E-state index is 0.154. The highest BCUT2D eigenvalue weighted by Crippen LogP contribution is 2.39. The Morgan fingerprint density at radius 1 is 0.950 bits per heavy atom. The summed E-state index contributed by atoms with van der Waals surface area (Å²) >= 11 is 0. The fraction of sp³-hybridized carbons (Fsp3) is 0.385. The molecule has 0 aromatic heterocycles. The van der Waals surface area contributed by atoms with Crippen molar-refractivity contribution >= 4 is 29.2 Å². The van der Waals surface area contributed by atoms with Crippen LogP contribution in [0.1, 0.15) is 48.0 Å². The Balaban J connectivity index is 1.49. The zero-order chi connectivity index (χ0) is 29.3. The predicted octanol–water partition coefficient (Wildman–Crippen LogP) is 4.18. The molecular weight excluding hydrogens is 548 g/mol. The summed E-state index contributed by atoms with van der Waals surface area (Å²) in [5.41, 5.74) is -0.320. The quantitative estimate of drug-likeness (QED) is 0.463. The lowest BCUT2D eigenvalue weighted by Gasteiger charge is -2.26. The number of amides is 3. The minimum Gasteiger partial charge on any atom is -0.406 e. The first kappa shape index (κ1) is 28.9. The number of Topliss-reactive ketones (excluding diaryl/α,β-unsaturated/α-hetero) is 1. The van der Waals surface area contributed by atoms with E-state index >= 15 is 0 Å². The van der Waals surface area contributed by atoms with Crippen LogP contribution in [0.5, 0.6) is 5.75 Å². The summed E-state index contributed by atoms with van der Waals surface area (Å²) in [6.07, 6.45) is -11.5. The zero-order valence-electron chi connectivity index (χ0n) is 20.7. The molecule has 1 aliphatic heterocycles. The second-order valence-corrected chi connectivity index (χ2v) is 9.68. The maximum Gasteiger partial charge on any atom is 0.573 e. The molecule has 3 amide bonds. The molecule has 0 saturated heterocycles. The fourth-order valence-electron chi connectivity index (χ4n) is 4.46. The number of carbonyl (C=O) groups is 4. The maximum absolute atomic E-state index is 13.6. The van der Waals surface area contributed by atoms with Crippen molar-refractivity contribution in [2.24, 2.45) is 0 Å². The van der Waals surface area contributed by atoms with E-state index < -0.39 is 66.2 Å². The number of ketones is 1. The summed E-state index contributed by atoms with van der Waals surface area (Å²) < 4.78 is 78.9. The van der Waals surface area contributed by atoms with Crippen LogP contribution in [0.15, 0.2) is 48.5 Å². The zero-order valence-corrected chi connectivity index (χ0v) is 20.7. The van der Waals surface area contributed by atoms with Crippen molar-refractivity contribution in [3.63, 3.8) is 0 Å². The van der Waals surface area contributed by atoms with Gasteiger partial charge in [-0.05, 0) is 42.7 Å². The number of hydrogen-bond acceptors (Lipinski definition) is 5. The third-order valence-electron chi connectivity index (χ3n) is 6.40. The van der Waals surface area contributed by atoms with Crippen LogP contribution in [-0.4, -0.2) is 47.6 Å². The molecule has 2 aliphatic rings. The molecule has 214 valence electrons. The number of fused-ring (bicyclic) bond motifs is 1. The van der Waals surface area contributed by atoms with Gasteiger partial charge in [0.25, 0.3) is 0 Å². The first-order chi connectivity index (χ1) is 18.6. The van der Waals surface area contributed by atoms with Crippen LogP contribution in [-0.2, 0) is 20.9 Å². The van der Waals surface area contributed by atoms with E-state index in [4.69, 9.17) is 0 Å². The molecule has 1 heterocycles. The molecule has 8 nitrogen and oxygen atoms in total. The van der Waals surface area contributed by atoms with Crippen molar-refractivity contribution in [1.82, 2.24) is 10.6 Å². The number of ether oxygens (including phenoxy) is 1. The lowest BCUT2D eigenvalue weighted by molar-refractivity contribution is -0.274. The number of halogens is 6. The number of anilines is 1. The van der Waals surface area contributed by atoms with Gasteiger partial charge in [-0.2, -0.15) is 13.2 Å². The molecule has 1 aliphatic carbocycles. The SMILES string of the molecule is O=C(CC1(NC(=O)CC(F)(F)F)CC1)N[C@@H]1CC(=O)c2ccccc2N(Cc2ccc(OC(F)(F)F)cc2)C1=O. The van der Waals surface area contributed by atoms with Crippen molar-refractivity contribution in [3.05, 3.63) is 59.7 Å². The van der Waals surface area contributed by atoms with E-state index in [1.165, 1.54) is 29.2 Å². The van der Waals surface area contributed by atoms with Crippen LogP contribution in [0.2, 0.25) is 0 Å². The van der Waals surface area contributed by atoms with Crippen molar-refractivity contribution < 1.29 is 50.3 Å². The summed E-state index contributed by atoms with van der Waals surface area (Å²) in [5, 5.41) is 4.71. The van der Waals surface area contributed by atoms with Crippen molar-refractivity contribution in [2.45, 2.75) is 62.8 Å². The normalized spacial score (nSPS) is 18.4. The molecule has 2 N–H and O–H groups in total. The second-order valence-electron chi connectivity index (χ2n) is 9.68. The van der Waals surface area contributed by atoms with Crippen molar-refractivity contribution in [2.75, 3.05) is 4.90 Å². The molecule has 14 heteroatoms. The van der Waals surface area contributed by atoms with Gasteiger partial charge in [-0.3, -0.25) is 19.2 Å². The third kappa shape index (κ3) is 7.51. The highest BCUT2D eigenvalue weighted by molar-refractivity contribution is 6.12. The number of alkyl halides is 6. The Hall–Kier alpha value is -4.10. The van der Waals surface area contributed by atoms with Crippen LogP contribution in [0.3, 0.4) is 0 Å². The highest BCUT2D eigenvalue weighted by atomic mass is 19.4. The van der Waals surface area contributed by atoms with Crippen LogP contribution in [0.25, 0.3) is 0 Å². The van der Waals surface area contributed by atoms with Gasteiger partial charge in [0, 0.05) is 23.9 Å². The first-order valence-corrected chi connectivity index (χ1v) is 12.1. The number of rotatable bonds is 8. The largest absolute Gasteiger partial charge is 0.573 e. The van der Waals surface area contributed by atoms with Crippen LogP contribution >= 0.6 is 0 Å². The minimum atomic E-state index is -4.88. The molecular formula is C26H23F6N3O5. The molecule has 2 aromatic carbocycles. The summed E-state index contributed by atoms with van der Waals surface area (Å²) in [7, 11) is 0. The van der Waals surface area contributed by atoms with Gasteiger partial charge in [-0.25, -0.2) is 0 Å². The summed E-state index contributed by atoms with van der Waals surface area (Å²) in [5.74, 6) is -3.60. The molecule has 40 heavy (non-hydrogen) atoms. The molecule has 1 fully saturated rings. The topological polar surface area (TPSA) is 105 Å². The van der Waals surface area contributed by atoms with E-state index in [1.54, 1.807) is 12.1 Å². The highest BCUT2D eigenvalue weighted by Gasteiger charge is 2.47. The number of nitrogens with one attached hydrogen (secondary N) is 2. The molecule has 0 bridgehead atoms. The Bertz CT molecular complexity index is 1310. The van der Waals surface area contributed by atoms with Crippen molar-refractivity contribution in [3.8, 4) is 5.75 Å². The van der Waals surface area contributed by atoms with Crippen LogP contribution in [0.4, 0.5) is 32.0 Å². The molecule has 4 rings (SSSR count). The monoisotopic (exact) mass is 571 g/mol. The Morgan fingerprint density at radius 3 is 2.20 bits per heavy atom. The van der Waals surface area contributed by atoms with Gasteiger partial charge in [0.1, 0.15) is 18.2 Å². The number of nitrogens with zero attached hydrogens (tertiary/aromatic N) is 1. The summed E-state index contributed by atoms with van der Waals surface area (Å²) in [6, 6.07) is 9.64. The maximum atomic E-state index is 13.6. The molecule has 0 spiro atoms. The summed E-state index contributed by atoms with van der Waals surface area (Å²) in [6.45, 7) is -0.154. The molecule has 1 atom stereocenters. The van der Waals surface area contributed by atoms with E-state index in [0.29, 0.717) is 5.56 Å². The molecule has 0 radical (unpaired) electrons. The number of carbonyl (C=O) groups excluding carboxylic acids is 4. The van der Waals surface area contributed by atoms with Gasteiger partial charge in [-0.1, -0.05) is 24.3 Å². The smallest absolute Gasteiger partial charge is 0.406 e. The lowest BCUT2D eigenvalue weighted by Crippen LogP contribution is -2.50. The number of hydrogen-bond donors (Lipinski definition) is 2. The van der Waals surface area contributed by atoms with Crippen molar-refractivity contribution in [1.29, 1.82) is 0 Å². The molecule has 2 aromatic rings. The van der Waals surface area contributed by atoms with E-state index in [1.807, 2.05) is 0 Å². The van der Waals surface area contributed by atoms with Gasteiger partial charge >= 0.3 is 12.5 Å². The fourth-order valence-corrected chi connectivity index (χ4v) is 4.46. The first-order valence-electron chi connectivity index (χ1n) is 12.1. The van der Waals surface area contributed by atoms with E-state index in [0.717, 1.165) is 12.1 Å². The van der Waals surface area contributed by atoms with E-state index in [9.17, 15) is 45.5 Å². The molecule has 1 saturated carbocycles. The Morgan fingerprint density at radius 2 is 1.60 bits per heavy atom. The lowest BCUT2D eigenvalue weighted by atomic mass is 10.0. The van der Waals surface area contributed by atoms with Crippen LogP contribution < -0.4 is 20.3 Å². The Labute approximate surface area is 223 Å². The van der Waals surface area contributed by atoms with Gasteiger partial charge < -0.3 is 20.3 Å². The standard InChI is InChI=1S/C26H23F6N3O5/c27-25(28,29)13-22(38)34-24(9-10-24)12-21(37)33-18-11-20(36)17-3-1-2-4-19(17)35(23(18)39)14-15-5-7-16(8-6-15)40-26(30,31)32/h1-8,18H,9-14H2,(H,33,37)(H,34,38)/t18-/m1/s1. The van der Waals surface area contributed by atoms with Gasteiger partial charge in [-0.15, -0.1) is 13.2 Å². The molecule has 0 unspecified atom stereocenters. The van der Waals surface area contributed by atoms with Gasteiger partial charge in [0.2, 0.25) is 17.7 Å². The average molecular weight is 571 g/mol. The summed E-state index contributed by atoms with van der Waals surface area (Å²) in [4.78, 5) is 52.3. The van der Waals surface area contributed by atoms with Crippen LogP contribution in [0, 0.1) is 0 Å². The second kappa shape index (κ2) is 10.8. The third-order valence-corrected chi connectivity index (χ3v) is 6.40. The van der Waals surface area contributed by atoms with Gasteiger partial charge in [0.05, 0.1) is 12.2 Å². The van der Waals surface area contributed by atoms with E-state index in [2.05, 4.69) is 15.4 Å². The predicted molar refractivity (Wildman–Crippen MR) is 127 cm³/mol. The number of benzene rings is 2. The Kier molecular flexibility index (Phi) is 7.81. The van der Waals surface area contributed by atoms with Gasteiger partial charge in [0.15, 0.2) is 5.78 Å². The average Bonchev–Trinajstić information content (AvgIpc) is 3.59.